The van der Waals surface area contributed by atoms with Crippen LogP contribution in [-0.2, 0) is 40.6 Å². The van der Waals surface area contributed by atoms with Crippen molar-refractivity contribution in [3.8, 4) is 0 Å². The van der Waals surface area contributed by atoms with E-state index in [0.29, 0.717) is 28.3 Å². The highest BCUT2D eigenvalue weighted by atomic mass is 36.5. The molecule has 272 valence electrons. The SMILES string of the molecule is COC(=O)c1ccccc1CCl.COC(=O)c1ccccc1CS(=O)(=O)Cl.COC(=O)c1ccccc1CSC(N)=[NH2+].ClCl.NC(N)=S.[Cl-]. The predicted molar refractivity (Wildman–Crippen MR) is 196 cm³/mol. The van der Waals surface area contributed by atoms with Crippen molar-refractivity contribution in [3.63, 3.8) is 0 Å². The molecule has 20 heteroatoms. The monoisotopic (exact) mass is 838 g/mol. The summed E-state index contributed by atoms with van der Waals surface area (Å²) in [6.07, 6.45) is 0. The molecule has 0 fully saturated rings. The summed E-state index contributed by atoms with van der Waals surface area (Å²) in [6, 6.07) is 20.6. The van der Waals surface area contributed by atoms with E-state index in [1.54, 1.807) is 42.5 Å². The molecule has 8 N–H and O–H groups in total. The molecule has 49 heavy (non-hydrogen) atoms. The highest BCUT2D eigenvalue weighted by Gasteiger charge is 2.16. The van der Waals surface area contributed by atoms with E-state index in [1.165, 1.54) is 45.2 Å². The summed E-state index contributed by atoms with van der Waals surface area (Å²) < 4.78 is 35.5. The van der Waals surface area contributed by atoms with Crippen molar-refractivity contribution in [2.45, 2.75) is 17.4 Å². The molecule has 0 atom stereocenters. The van der Waals surface area contributed by atoms with Gasteiger partial charge in [-0.1, -0.05) is 54.6 Å². The Morgan fingerprint density at radius 1 is 0.735 bits per heavy atom. The molecular formula is C29H35Cl5N4O8S3. The average molecular weight is 841 g/mol. The van der Waals surface area contributed by atoms with Gasteiger partial charge in [0.05, 0.1) is 43.8 Å². The lowest BCUT2D eigenvalue weighted by atomic mass is 10.1. The second-order valence-electron chi connectivity index (χ2n) is 8.36. The number of benzene rings is 3. The van der Waals surface area contributed by atoms with E-state index >= 15 is 0 Å². The fourth-order valence-corrected chi connectivity index (χ4v) is 4.99. The first-order valence-electron chi connectivity index (χ1n) is 12.8. The van der Waals surface area contributed by atoms with Crippen LogP contribution in [0.5, 0.6) is 0 Å². The summed E-state index contributed by atoms with van der Waals surface area (Å²) >= 11 is 11.0. The number of amidine groups is 1. The fraction of sp³-hybridized carbons (Fsp3) is 0.207. The van der Waals surface area contributed by atoms with E-state index < -0.39 is 15.0 Å². The average Bonchev–Trinajstić information content (AvgIpc) is 3.07. The maximum Gasteiger partial charge on any atom is 0.338 e. The molecule has 0 aliphatic carbocycles. The topological polar surface area (TPSA) is 217 Å². The van der Waals surface area contributed by atoms with Crippen LogP contribution in [0.15, 0.2) is 72.8 Å². The zero-order chi connectivity index (χ0) is 37.3. The fourth-order valence-electron chi connectivity index (χ4n) is 3.20. The second-order valence-corrected chi connectivity index (χ2v) is 12.9. The van der Waals surface area contributed by atoms with Crippen molar-refractivity contribution < 1.29 is 54.8 Å². The summed E-state index contributed by atoms with van der Waals surface area (Å²) in [5.41, 5.74) is 17.9. The summed E-state index contributed by atoms with van der Waals surface area (Å²) in [4.78, 5) is 33.8. The summed E-state index contributed by atoms with van der Waals surface area (Å²) in [6.45, 7) is 0. The van der Waals surface area contributed by atoms with Gasteiger partial charge in [-0.2, -0.15) is 0 Å². The first kappa shape index (κ1) is 50.4. The minimum absolute atomic E-state index is 0. The van der Waals surface area contributed by atoms with Crippen LogP contribution in [0.3, 0.4) is 0 Å². The second kappa shape index (κ2) is 28.8. The van der Waals surface area contributed by atoms with Gasteiger partial charge >= 0.3 is 17.9 Å². The van der Waals surface area contributed by atoms with Crippen LogP contribution >= 0.6 is 68.0 Å². The van der Waals surface area contributed by atoms with Crippen LogP contribution in [0.25, 0.3) is 0 Å². The maximum atomic E-state index is 11.4. The number of carbonyl (C=O) groups is 3. The standard InChI is InChI=1S/C10H12N2O2S.C9H9ClO4S.C9H9ClO2.CH4N2S.Cl2.ClH/c1-14-9(13)8-5-3-2-4-7(8)6-15-10(11)12;1-14-9(11)8-5-3-2-4-7(8)6-15(10,12)13;1-12-9(11)8-5-3-2-4-7(8)6-10;2-1(3)4;1-2;/h2-5H,6H2,1H3,(H3,11,12);2-5H,6H2,1H3;2-5H,6H2,1H3;(H4,2,3,4);;1H. The van der Waals surface area contributed by atoms with Gasteiger partial charge < -0.3 is 38.1 Å². The molecule has 0 aromatic heterocycles. The van der Waals surface area contributed by atoms with E-state index in [0.717, 1.165) is 11.1 Å². The normalized spacial score (nSPS) is 9.29. The van der Waals surface area contributed by atoms with Crippen LogP contribution in [0.1, 0.15) is 47.8 Å². The molecule has 0 saturated carbocycles. The van der Waals surface area contributed by atoms with Crippen molar-refractivity contribution >= 4 is 105 Å². The number of nitrogens with two attached hydrogens (primary N) is 4. The first-order valence-corrected chi connectivity index (χ1v) is 18.3. The number of hydrogen-bond donors (Lipinski definition) is 4. The first-order chi connectivity index (χ1) is 22.6. The lowest BCUT2D eigenvalue weighted by molar-refractivity contribution is -0.110. The van der Waals surface area contributed by atoms with Gasteiger partial charge in [-0.15, -0.1) is 11.6 Å². The molecule has 3 aromatic rings. The Balaban J connectivity index is -0.000000596. The van der Waals surface area contributed by atoms with E-state index in [-0.39, 0.29) is 45.9 Å². The van der Waals surface area contributed by atoms with Crippen molar-refractivity contribution in [2.24, 2.45) is 17.2 Å². The molecule has 3 rings (SSSR count). The van der Waals surface area contributed by atoms with Crippen LogP contribution in [0, 0.1) is 0 Å². The van der Waals surface area contributed by atoms with Gasteiger partial charge in [0.2, 0.25) is 9.05 Å². The van der Waals surface area contributed by atoms with Gasteiger partial charge in [0, 0.05) is 44.0 Å². The molecule has 12 nitrogen and oxygen atoms in total. The van der Waals surface area contributed by atoms with Crippen molar-refractivity contribution in [1.82, 2.24) is 0 Å². The highest BCUT2D eigenvalue weighted by Crippen LogP contribution is 2.17. The minimum Gasteiger partial charge on any atom is -1.00 e. The lowest BCUT2D eigenvalue weighted by Gasteiger charge is -2.05. The molecule has 0 heterocycles. The highest BCUT2D eigenvalue weighted by molar-refractivity contribution is 8.13. The maximum absolute atomic E-state index is 11.4. The molecular weight excluding hydrogens is 806 g/mol. The number of thiocarbonyl (C=S) groups is 1. The summed E-state index contributed by atoms with van der Waals surface area (Å²) in [7, 11) is 13.6. The number of methoxy groups -OCH3 is 3. The zero-order valence-corrected chi connectivity index (χ0v) is 32.5. The van der Waals surface area contributed by atoms with Crippen LogP contribution in [-0.4, -0.2) is 57.9 Å². The number of thioether (sulfide) groups is 1. The van der Waals surface area contributed by atoms with Crippen molar-refractivity contribution in [1.29, 1.82) is 0 Å². The van der Waals surface area contributed by atoms with E-state index in [4.69, 9.17) is 33.4 Å². The molecule has 0 spiro atoms. The Bertz CT molecular complexity index is 1600. The van der Waals surface area contributed by atoms with Gasteiger partial charge in [-0.3, -0.25) is 11.1 Å². The van der Waals surface area contributed by atoms with Gasteiger partial charge in [0.15, 0.2) is 5.11 Å². The van der Waals surface area contributed by atoms with Crippen LogP contribution in [0.4, 0.5) is 0 Å². The number of ether oxygens (including phenoxy) is 3. The minimum atomic E-state index is -3.68. The van der Waals surface area contributed by atoms with Gasteiger partial charge in [0.25, 0.3) is 5.17 Å². The smallest absolute Gasteiger partial charge is 0.338 e. The number of alkyl halides is 1. The Hall–Kier alpha value is -3.02. The number of hydrogen-bond acceptors (Lipinski definition) is 10. The summed E-state index contributed by atoms with van der Waals surface area (Å²) in [5, 5.41) is 5.63. The molecule has 0 radical (unpaired) electrons. The number of esters is 3. The van der Waals surface area contributed by atoms with Crippen molar-refractivity contribution in [3.05, 3.63) is 106 Å². The Kier molecular flexibility index (Phi) is 29.6. The largest absolute Gasteiger partial charge is 1.00 e. The zero-order valence-electron chi connectivity index (χ0n) is 26.2. The molecule has 3 aromatic carbocycles. The lowest BCUT2D eigenvalue weighted by Crippen LogP contribution is -3.00. The van der Waals surface area contributed by atoms with E-state index in [2.05, 4.69) is 59.6 Å². The Labute approximate surface area is 320 Å². The van der Waals surface area contributed by atoms with Crippen LogP contribution < -0.4 is 35.0 Å². The van der Waals surface area contributed by atoms with Crippen LogP contribution in [0.2, 0.25) is 0 Å². The Morgan fingerprint density at radius 2 is 1.04 bits per heavy atom. The number of carbonyl (C=O) groups excluding carboxylic acids is 3. The van der Waals surface area contributed by atoms with E-state index in [1.807, 2.05) is 18.2 Å². The third kappa shape index (κ3) is 23.1. The summed E-state index contributed by atoms with van der Waals surface area (Å²) in [5.74, 6) is -0.766. The molecule has 0 amide bonds. The quantitative estimate of drug-likeness (QED) is 0.0476. The molecule has 0 bridgehead atoms. The molecule has 0 aliphatic heterocycles. The molecule has 0 saturated heterocycles. The van der Waals surface area contributed by atoms with Gasteiger partial charge in [0.1, 0.15) is 0 Å². The number of rotatable bonds is 8. The predicted octanol–water partition coefficient (Wildman–Crippen LogP) is 1.11. The Morgan fingerprint density at radius 3 is 1.37 bits per heavy atom. The van der Waals surface area contributed by atoms with E-state index in [9.17, 15) is 22.8 Å². The van der Waals surface area contributed by atoms with Crippen molar-refractivity contribution in [2.75, 3.05) is 21.3 Å². The van der Waals surface area contributed by atoms with Gasteiger partial charge in [-0.25, -0.2) is 22.8 Å². The molecule has 0 unspecified atom stereocenters. The third-order valence-electron chi connectivity index (χ3n) is 5.13. The molecule has 0 aliphatic rings. The third-order valence-corrected chi connectivity index (χ3v) is 7.19. The van der Waals surface area contributed by atoms with Gasteiger partial charge in [-0.05, 0) is 58.9 Å². The number of halogens is 5.